The summed E-state index contributed by atoms with van der Waals surface area (Å²) < 4.78 is 16.5. The first kappa shape index (κ1) is 29.6. The lowest BCUT2D eigenvalue weighted by molar-refractivity contribution is -0.133. The van der Waals surface area contributed by atoms with Crippen LogP contribution in [0, 0.1) is 0 Å². The van der Waals surface area contributed by atoms with Gasteiger partial charge in [0.15, 0.2) is 0 Å². The number of hydrogen-bond donors (Lipinski definition) is 0. The zero-order chi connectivity index (χ0) is 29.5. The fourth-order valence-electron chi connectivity index (χ4n) is 5.28. The van der Waals surface area contributed by atoms with Gasteiger partial charge < -0.3 is 19.1 Å². The number of ether oxygens (including phenoxy) is 3. The smallest absolute Gasteiger partial charge is 0.262 e. The third-order valence-electron chi connectivity index (χ3n) is 7.57. The van der Waals surface area contributed by atoms with Crippen molar-refractivity contribution < 1.29 is 23.8 Å². The number of nitrogens with zero attached hydrogens (tertiary/aromatic N) is 4. The lowest BCUT2D eigenvalue weighted by atomic mass is 9.97. The second-order valence-electron chi connectivity index (χ2n) is 10.1. The highest BCUT2D eigenvalue weighted by Gasteiger charge is 2.36. The van der Waals surface area contributed by atoms with E-state index in [-0.39, 0.29) is 18.4 Å². The fourth-order valence-corrected chi connectivity index (χ4v) is 5.50. The van der Waals surface area contributed by atoms with E-state index in [1.54, 1.807) is 43.4 Å². The highest BCUT2D eigenvalue weighted by atomic mass is 35.5. The highest BCUT2D eigenvalue weighted by molar-refractivity contribution is 6.33. The van der Waals surface area contributed by atoms with Crippen LogP contribution in [-0.2, 0) is 9.53 Å². The first-order valence-electron chi connectivity index (χ1n) is 14.0. The van der Waals surface area contributed by atoms with Gasteiger partial charge in [-0.25, -0.2) is 5.01 Å². The van der Waals surface area contributed by atoms with Crippen LogP contribution in [0.1, 0.15) is 33.9 Å². The zero-order valence-corrected chi connectivity index (χ0v) is 24.6. The van der Waals surface area contributed by atoms with Crippen molar-refractivity contribution in [2.45, 2.75) is 12.5 Å². The van der Waals surface area contributed by atoms with Crippen LogP contribution in [0.25, 0.3) is 0 Å². The molecule has 0 radical (unpaired) electrons. The minimum atomic E-state index is -0.411. The van der Waals surface area contributed by atoms with Crippen LogP contribution in [0.4, 0.5) is 0 Å². The molecule has 1 atom stereocenters. The molecule has 3 aromatic rings. The van der Waals surface area contributed by atoms with E-state index in [1.165, 1.54) is 5.01 Å². The average Bonchev–Trinajstić information content (AvgIpc) is 3.49. The van der Waals surface area contributed by atoms with Crippen molar-refractivity contribution >= 4 is 29.1 Å². The topological polar surface area (TPSA) is 83.9 Å². The van der Waals surface area contributed by atoms with Gasteiger partial charge in [-0.2, -0.15) is 5.10 Å². The molecule has 0 bridgehead atoms. The van der Waals surface area contributed by atoms with Gasteiger partial charge in [0.05, 0.1) is 49.8 Å². The summed E-state index contributed by atoms with van der Waals surface area (Å²) in [6, 6.07) is 21.7. The number of rotatable bonds is 10. The van der Waals surface area contributed by atoms with Crippen LogP contribution in [0.2, 0.25) is 5.02 Å². The van der Waals surface area contributed by atoms with E-state index in [2.05, 4.69) is 4.90 Å². The molecule has 220 valence electrons. The Balaban J connectivity index is 1.45. The van der Waals surface area contributed by atoms with Gasteiger partial charge in [-0.15, -0.1) is 0 Å². The SMILES string of the molecule is COc1cccc(C2=NN(C(=O)CN(CCN3CCOCC3)C(=O)c3ccccc3Cl)[C@@H](c3ccccc3OC)C2)c1. The number of carbonyl (C=O) groups excluding carboxylic acids is 2. The number of hydrogen-bond acceptors (Lipinski definition) is 7. The van der Waals surface area contributed by atoms with E-state index in [0.29, 0.717) is 54.8 Å². The lowest BCUT2D eigenvalue weighted by Crippen LogP contribution is -2.46. The zero-order valence-electron chi connectivity index (χ0n) is 23.9. The van der Waals surface area contributed by atoms with Gasteiger partial charge >= 0.3 is 0 Å². The van der Waals surface area contributed by atoms with Crippen LogP contribution < -0.4 is 9.47 Å². The summed E-state index contributed by atoms with van der Waals surface area (Å²) in [4.78, 5) is 31.7. The maximum absolute atomic E-state index is 14.1. The maximum Gasteiger partial charge on any atom is 0.262 e. The predicted molar refractivity (Wildman–Crippen MR) is 161 cm³/mol. The fraction of sp³-hybridized carbons (Fsp3) is 0.344. The predicted octanol–water partition coefficient (Wildman–Crippen LogP) is 4.51. The van der Waals surface area contributed by atoms with Crippen molar-refractivity contribution in [3.63, 3.8) is 0 Å². The van der Waals surface area contributed by atoms with Crippen LogP contribution in [0.15, 0.2) is 77.9 Å². The van der Waals surface area contributed by atoms with Gasteiger partial charge in [-0.3, -0.25) is 14.5 Å². The van der Waals surface area contributed by atoms with E-state index in [4.69, 9.17) is 30.9 Å². The van der Waals surface area contributed by atoms with Crippen molar-refractivity contribution in [3.05, 3.63) is 94.5 Å². The number of carbonyl (C=O) groups is 2. The molecular weight excluding hydrogens is 556 g/mol. The summed E-state index contributed by atoms with van der Waals surface area (Å²) in [5.74, 6) is 0.769. The van der Waals surface area contributed by atoms with Crippen LogP contribution >= 0.6 is 11.6 Å². The van der Waals surface area contributed by atoms with E-state index in [1.807, 2.05) is 48.5 Å². The molecule has 2 aliphatic heterocycles. The van der Waals surface area contributed by atoms with Crippen molar-refractivity contribution in [2.75, 3.05) is 60.2 Å². The van der Waals surface area contributed by atoms with Gasteiger partial charge in [-0.1, -0.05) is 54.1 Å². The lowest BCUT2D eigenvalue weighted by Gasteiger charge is -2.31. The molecular formula is C32H35ClN4O5. The van der Waals surface area contributed by atoms with Crippen molar-refractivity contribution in [1.29, 1.82) is 0 Å². The largest absolute Gasteiger partial charge is 0.497 e. The molecule has 1 fully saturated rings. The summed E-state index contributed by atoms with van der Waals surface area (Å²) in [7, 11) is 3.23. The Labute approximate surface area is 251 Å². The van der Waals surface area contributed by atoms with Gasteiger partial charge in [0.25, 0.3) is 11.8 Å². The molecule has 10 heteroatoms. The van der Waals surface area contributed by atoms with Crippen LogP contribution in [0.3, 0.4) is 0 Å². The number of halogens is 1. The molecule has 9 nitrogen and oxygen atoms in total. The molecule has 0 aromatic heterocycles. The summed E-state index contributed by atoms with van der Waals surface area (Å²) in [5, 5.41) is 6.66. The molecule has 5 rings (SSSR count). The van der Waals surface area contributed by atoms with Gasteiger partial charge in [0.1, 0.15) is 18.0 Å². The monoisotopic (exact) mass is 590 g/mol. The molecule has 0 N–H and O–H groups in total. The Bertz CT molecular complexity index is 1440. The molecule has 42 heavy (non-hydrogen) atoms. The van der Waals surface area contributed by atoms with Crippen LogP contribution in [-0.4, -0.2) is 92.5 Å². The summed E-state index contributed by atoms with van der Waals surface area (Å²) in [5.41, 5.74) is 2.81. The highest BCUT2D eigenvalue weighted by Crippen LogP contribution is 2.38. The Hall–Kier alpha value is -3.92. The number of methoxy groups -OCH3 is 2. The van der Waals surface area contributed by atoms with E-state index in [0.717, 1.165) is 29.9 Å². The van der Waals surface area contributed by atoms with Gasteiger partial charge in [-0.05, 0) is 30.3 Å². The summed E-state index contributed by atoms with van der Waals surface area (Å²) in [6.45, 7) is 3.66. The standard InChI is InChI=1S/C32H35ClN4O5/c1-40-24-9-7-8-23(20-24)28-21-29(26-11-4-6-13-30(26)41-2)37(34-28)31(38)22-36(15-14-35-16-18-42-19-17-35)32(39)25-10-3-5-12-27(25)33/h3-13,20,29H,14-19,21-22H2,1-2H3/t29-/m1/s1. The molecule has 0 spiro atoms. The second-order valence-corrected chi connectivity index (χ2v) is 10.5. The van der Waals surface area contributed by atoms with E-state index in [9.17, 15) is 9.59 Å². The van der Waals surface area contributed by atoms with Crippen molar-refractivity contribution in [2.24, 2.45) is 5.10 Å². The first-order chi connectivity index (χ1) is 20.5. The normalized spacial score (nSPS) is 17.1. The molecule has 3 aromatic carbocycles. The van der Waals surface area contributed by atoms with E-state index < -0.39 is 6.04 Å². The maximum atomic E-state index is 14.1. The minimum Gasteiger partial charge on any atom is -0.497 e. The van der Waals surface area contributed by atoms with E-state index >= 15 is 0 Å². The number of morpholine rings is 1. The number of hydrazone groups is 1. The Morgan fingerprint density at radius 2 is 1.76 bits per heavy atom. The molecule has 0 aliphatic carbocycles. The quantitative estimate of drug-likeness (QED) is 0.346. The molecule has 2 aliphatic rings. The first-order valence-corrected chi connectivity index (χ1v) is 14.4. The van der Waals surface area contributed by atoms with Gasteiger partial charge in [0.2, 0.25) is 0 Å². The van der Waals surface area contributed by atoms with Gasteiger partial charge in [0, 0.05) is 43.7 Å². The Morgan fingerprint density at radius 1 is 1.00 bits per heavy atom. The van der Waals surface area contributed by atoms with Crippen LogP contribution in [0.5, 0.6) is 11.5 Å². The third-order valence-corrected chi connectivity index (χ3v) is 7.90. The van der Waals surface area contributed by atoms with Crippen molar-refractivity contribution in [3.8, 4) is 11.5 Å². The third kappa shape index (κ3) is 6.75. The minimum absolute atomic E-state index is 0.158. The Kier molecular flexibility index (Phi) is 9.74. The molecule has 1 saturated heterocycles. The average molecular weight is 591 g/mol. The molecule has 0 unspecified atom stereocenters. The Morgan fingerprint density at radius 3 is 2.52 bits per heavy atom. The summed E-state index contributed by atoms with van der Waals surface area (Å²) >= 11 is 6.41. The summed E-state index contributed by atoms with van der Waals surface area (Å²) in [6.07, 6.45) is 0.478. The second kappa shape index (κ2) is 13.8. The molecule has 2 heterocycles. The number of amides is 2. The molecule has 0 saturated carbocycles. The van der Waals surface area contributed by atoms with Crippen molar-refractivity contribution in [1.82, 2.24) is 14.8 Å². The number of para-hydroxylation sites is 1. The number of benzene rings is 3. The molecule has 2 amide bonds.